The van der Waals surface area contributed by atoms with Gasteiger partial charge in [0.15, 0.2) is 5.71 Å². The minimum atomic E-state index is -0.0463. The monoisotopic (exact) mass is 345 g/mol. The number of fused-ring (bicyclic) bond motifs is 1. The smallest absolute Gasteiger partial charge is 0.227 e. The van der Waals surface area contributed by atoms with E-state index in [1.807, 2.05) is 48.7 Å². The first-order valence-corrected chi connectivity index (χ1v) is 8.83. The van der Waals surface area contributed by atoms with Gasteiger partial charge >= 0.3 is 0 Å². The summed E-state index contributed by atoms with van der Waals surface area (Å²) in [5.41, 5.74) is 4.63. The number of para-hydroxylation sites is 2. The summed E-state index contributed by atoms with van der Waals surface area (Å²) in [6.07, 6.45) is 7.84. The molecule has 0 aliphatic carbocycles. The number of nitrogens with zero attached hydrogens (tertiary/aromatic N) is 2. The number of rotatable bonds is 4. The Kier molecular flexibility index (Phi) is 4.90. The van der Waals surface area contributed by atoms with Crippen LogP contribution in [0, 0.1) is 0 Å². The highest BCUT2D eigenvalue weighted by Gasteiger charge is 2.42. The van der Waals surface area contributed by atoms with Gasteiger partial charge in [0.25, 0.3) is 0 Å². The lowest BCUT2D eigenvalue weighted by molar-refractivity contribution is -0.401. The maximum atomic E-state index is 11.9. The SMILES string of the molecule is CC(=O)N(C=CC=CC1=[N+](C)c2ccccc2C1(C)C)c1ccccc1. The molecule has 1 aliphatic rings. The Morgan fingerprint density at radius 2 is 1.65 bits per heavy atom. The third-order valence-corrected chi connectivity index (χ3v) is 4.91. The van der Waals surface area contributed by atoms with Crippen molar-refractivity contribution in [3.63, 3.8) is 0 Å². The minimum Gasteiger partial charge on any atom is -0.288 e. The number of hydrogen-bond acceptors (Lipinski definition) is 1. The van der Waals surface area contributed by atoms with Crippen molar-refractivity contribution in [2.75, 3.05) is 11.9 Å². The fourth-order valence-electron chi connectivity index (χ4n) is 3.55. The first kappa shape index (κ1) is 17.9. The van der Waals surface area contributed by atoms with Gasteiger partial charge in [-0.3, -0.25) is 9.69 Å². The van der Waals surface area contributed by atoms with E-state index in [-0.39, 0.29) is 11.3 Å². The van der Waals surface area contributed by atoms with Gasteiger partial charge < -0.3 is 0 Å². The molecule has 0 saturated heterocycles. The average Bonchev–Trinajstić information content (AvgIpc) is 2.83. The Morgan fingerprint density at radius 3 is 2.31 bits per heavy atom. The van der Waals surface area contributed by atoms with Crippen LogP contribution in [0.15, 0.2) is 79.0 Å². The van der Waals surface area contributed by atoms with Crippen LogP contribution in [0.4, 0.5) is 11.4 Å². The average molecular weight is 345 g/mol. The quantitative estimate of drug-likeness (QED) is 0.576. The molecule has 0 saturated carbocycles. The molecule has 0 radical (unpaired) electrons. The van der Waals surface area contributed by atoms with Crippen LogP contribution in [0.3, 0.4) is 0 Å². The number of amides is 1. The molecular formula is C23H25N2O+. The Morgan fingerprint density at radius 1 is 1.00 bits per heavy atom. The summed E-state index contributed by atoms with van der Waals surface area (Å²) in [4.78, 5) is 13.6. The summed E-state index contributed by atoms with van der Waals surface area (Å²) >= 11 is 0. The molecule has 2 aromatic carbocycles. The summed E-state index contributed by atoms with van der Waals surface area (Å²) in [6, 6.07) is 18.2. The largest absolute Gasteiger partial charge is 0.288 e. The predicted octanol–water partition coefficient (Wildman–Crippen LogP) is 4.82. The molecule has 0 atom stereocenters. The second kappa shape index (κ2) is 7.12. The third kappa shape index (κ3) is 3.25. The highest BCUT2D eigenvalue weighted by molar-refractivity contribution is 6.03. The standard InChI is InChI=1S/C23H25N2O/c1-18(26)25(19-12-6-5-7-13-19)17-11-10-16-22-23(2,3)20-14-8-9-15-21(20)24(22)4/h5-17H,1-4H3/q+1. The molecule has 132 valence electrons. The molecule has 1 amide bonds. The Bertz CT molecular complexity index is 905. The van der Waals surface area contributed by atoms with Gasteiger partial charge in [0, 0.05) is 36.5 Å². The zero-order chi connectivity index (χ0) is 18.7. The van der Waals surface area contributed by atoms with E-state index >= 15 is 0 Å². The van der Waals surface area contributed by atoms with E-state index in [9.17, 15) is 4.79 Å². The molecule has 0 bridgehead atoms. The molecular weight excluding hydrogens is 320 g/mol. The van der Waals surface area contributed by atoms with E-state index in [0.717, 1.165) is 5.69 Å². The van der Waals surface area contributed by atoms with Gasteiger partial charge in [0.2, 0.25) is 11.6 Å². The first-order valence-electron chi connectivity index (χ1n) is 8.83. The van der Waals surface area contributed by atoms with E-state index in [1.165, 1.54) is 17.0 Å². The van der Waals surface area contributed by atoms with Crippen molar-refractivity contribution >= 4 is 23.0 Å². The summed E-state index contributed by atoms with van der Waals surface area (Å²) in [5, 5.41) is 0. The second-order valence-electron chi connectivity index (χ2n) is 7.01. The number of carbonyl (C=O) groups is 1. The Hall–Kier alpha value is -2.94. The maximum Gasteiger partial charge on any atom is 0.227 e. The molecule has 3 heteroatoms. The van der Waals surface area contributed by atoms with Crippen molar-refractivity contribution in [2.45, 2.75) is 26.2 Å². The molecule has 26 heavy (non-hydrogen) atoms. The first-order chi connectivity index (χ1) is 12.4. The second-order valence-corrected chi connectivity index (χ2v) is 7.01. The maximum absolute atomic E-state index is 11.9. The number of allylic oxidation sites excluding steroid dienone is 3. The number of benzene rings is 2. The van der Waals surface area contributed by atoms with E-state index < -0.39 is 0 Å². The van der Waals surface area contributed by atoms with Crippen LogP contribution in [-0.2, 0) is 10.2 Å². The molecule has 0 N–H and O–H groups in total. The highest BCUT2D eigenvalue weighted by Crippen LogP contribution is 2.38. The molecule has 1 heterocycles. The zero-order valence-electron chi connectivity index (χ0n) is 15.8. The number of hydrogen-bond donors (Lipinski definition) is 0. The third-order valence-electron chi connectivity index (χ3n) is 4.91. The van der Waals surface area contributed by atoms with Gasteiger partial charge in [0.1, 0.15) is 7.05 Å². The molecule has 2 aromatic rings. The van der Waals surface area contributed by atoms with Gasteiger partial charge in [-0.25, -0.2) is 0 Å². The van der Waals surface area contributed by atoms with Crippen LogP contribution in [0.2, 0.25) is 0 Å². The van der Waals surface area contributed by atoms with Gasteiger partial charge in [-0.05, 0) is 32.1 Å². The summed E-state index contributed by atoms with van der Waals surface area (Å²) in [6.45, 7) is 6.05. The van der Waals surface area contributed by atoms with Crippen LogP contribution in [-0.4, -0.2) is 23.2 Å². The molecule has 0 aromatic heterocycles. The topological polar surface area (TPSA) is 23.3 Å². The minimum absolute atomic E-state index is 0.0146. The van der Waals surface area contributed by atoms with Gasteiger partial charge in [-0.2, -0.15) is 4.58 Å². The summed E-state index contributed by atoms with van der Waals surface area (Å²) in [5.74, 6) is -0.0146. The zero-order valence-corrected chi connectivity index (χ0v) is 15.8. The van der Waals surface area contributed by atoms with Crippen molar-refractivity contribution in [1.29, 1.82) is 0 Å². The van der Waals surface area contributed by atoms with Gasteiger partial charge in [-0.1, -0.05) is 42.5 Å². The van der Waals surface area contributed by atoms with Crippen molar-refractivity contribution in [3.8, 4) is 0 Å². The van der Waals surface area contributed by atoms with Crippen molar-refractivity contribution in [2.24, 2.45) is 0 Å². The fraction of sp³-hybridized carbons (Fsp3) is 0.217. The lowest BCUT2D eigenvalue weighted by Gasteiger charge is -2.16. The van der Waals surface area contributed by atoms with E-state index in [0.29, 0.717) is 0 Å². The lowest BCUT2D eigenvalue weighted by atomic mass is 9.81. The van der Waals surface area contributed by atoms with Crippen LogP contribution < -0.4 is 4.90 Å². The predicted molar refractivity (Wildman–Crippen MR) is 108 cm³/mol. The van der Waals surface area contributed by atoms with Crippen LogP contribution in [0.5, 0.6) is 0 Å². The number of carbonyl (C=O) groups excluding carboxylic acids is 1. The van der Waals surface area contributed by atoms with Gasteiger partial charge in [0.05, 0.1) is 5.41 Å². The lowest BCUT2D eigenvalue weighted by Crippen LogP contribution is -2.26. The molecule has 1 aliphatic heterocycles. The van der Waals surface area contributed by atoms with E-state index in [4.69, 9.17) is 0 Å². The normalized spacial score (nSPS) is 15.7. The highest BCUT2D eigenvalue weighted by atomic mass is 16.2. The van der Waals surface area contributed by atoms with Crippen molar-refractivity contribution in [3.05, 3.63) is 84.6 Å². The van der Waals surface area contributed by atoms with E-state index in [2.05, 4.69) is 55.8 Å². The van der Waals surface area contributed by atoms with Crippen LogP contribution in [0.1, 0.15) is 26.3 Å². The van der Waals surface area contributed by atoms with Crippen LogP contribution >= 0.6 is 0 Å². The fourth-order valence-corrected chi connectivity index (χ4v) is 3.55. The molecule has 0 spiro atoms. The Balaban J connectivity index is 1.83. The van der Waals surface area contributed by atoms with Crippen LogP contribution in [0.25, 0.3) is 0 Å². The molecule has 3 nitrogen and oxygen atoms in total. The molecule has 0 fully saturated rings. The van der Waals surface area contributed by atoms with E-state index in [1.54, 1.807) is 11.8 Å². The van der Waals surface area contributed by atoms with Crippen molar-refractivity contribution < 1.29 is 9.37 Å². The van der Waals surface area contributed by atoms with Crippen molar-refractivity contribution in [1.82, 2.24) is 0 Å². The Labute approximate surface area is 155 Å². The number of anilines is 1. The molecule has 0 unspecified atom stereocenters. The van der Waals surface area contributed by atoms with Gasteiger partial charge in [-0.15, -0.1) is 0 Å². The molecule has 3 rings (SSSR count). The summed E-state index contributed by atoms with van der Waals surface area (Å²) in [7, 11) is 2.10. The summed E-state index contributed by atoms with van der Waals surface area (Å²) < 4.78 is 2.24.